The molecule has 3 rings (SSSR count). The van der Waals surface area contributed by atoms with Crippen LogP contribution in [0.4, 0.5) is 0 Å². The van der Waals surface area contributed by atoms with Crippen molar-refractivity contribution < 1.29 is 13.2 Å². The second-order valence-electron chi connectivity index (χ2n) is 7.98. The van der Waals surface area contributed by atoms with E-state index in [-0.39, 0.29) is 11.9 Å². The average molecular weight is 415 g/mol. The van der Waals surface area contributed by atoms with Gasteiger partial charge >= 0.3 is 0 Å². The smallest absolute Gasteiger partial charge is 0.243 e. The molecule has 1 N–H and O–H groups in total. The molecule has 2 aromatic carbocycles. The molecule has 29 heavy (non-hydrogen) atoms. The molecular formula is C23H30N2O3S. The summed E-state index contributed by atoms with van der Waals surface area (Å²) in [6, 6.07) is 13.5. The molecule has 0 saturated carbocycles. The van der Waals surface area contributed by atoms with Crippen molar-refractivity contribution in [1.29, 1.82) is 0 Å². The minimum absolute atomic E-state index is 0.0287. The highest BCUT2D eigenvalue weighted by Gasteiger charge is 2.30. The molecule has 1 heterocycles. The van der Waals surface area contributed by atoms with Crippen molar-refractivity contribution in [1.82, 2.24) is 9.62 Å². The lowest BCUT2D eigenvalue weighted by atomic mass is 10.1. The minimum Gasteiger partial charge on any atom is -0.353 e. The molecule has 0 bridgehead atoms. The topological polar surface area (TPSA) is 66.5 Å². The van der Waals surface area contributed by atoms with Crippen LogP contribution in [0.3, 0.4) is 0 Å². The molecule has 2 aromatic rings. The Morgan fingerprint density at radius 3 is 2.28 bits per heavy atom. The lowest BCUT2D eigenvalue weighted by Gasteiger charge is -2.31. The Labute approximate surface area is 174 Å². The fourth-order valence-electron chi connectivity index (χ4n) is 3.58. The molecule has 1 saturated heterocycles. The fraction of sp³-hybridized carbons (Fsp3) is 0.435. The first-order valence-corrected chi connectivity index (χ1v) is 11.6. The van der Waals surface area contributed by atoms with Gasteiger partial charge in [0.25, 0.3) is 0 Å². The number of piperidine rings is 1. The van der Waals surface area contributed by atoms with Crippen molar-refractivity contribution in [2.24, 2.45) is 0 Å². The zero-order valence-electron chi connectivity index (χ0n) is 17.4. The van der Waals surface area contributed by atoms with Crippen LogP contribution < -0.4 is 5.32 Å². The van der Waals surface area contributed by atoms with Gasteiger partial charge < -0.3 is 5.32 Å². The van der Waals surface area contributed by atoms with E-state index in [1.54, 1.807) is 12.1 Å². The Bertz CT molecular complexity index is 960. The van der Waals surface area contributed by atoms with Crippen molar-refractivity contribution in [3.8, 4) is 0 Å². The lowest BCUT2D eigenvalue weighted by Crippen LogP contribution is -2.46. The van der Waals surface area contributed by atoms with Gasteiger partial charge in [0.15, 0.2) is 0 Å². The fourth-order valence-corrected chi connectivity index (χ4v) is 5.13. The van der Waals surface area contributed by atoms with Crippen LogP contribution in [0.15, 0.2) is 47.4 Å². The van der Waals surface area contributed by atoms with Crippen LogP contribution in [-0.2, 0) is 21.2 Å². The summed E-state index contributed by atoms with van der Waals surface area (Å²) in [6.07, 6.45) is 2.44. The van der Waals surface area contributed by atoms with E-state index in [9.17, 15) is 13.2 Å². The molecule has 0 radical (unpaired) electrons. The monoisotopic (exact) mass is 414 g/mol. The molecule has 0 aromatic heterocycles. The molecule has 6 heteroatoms. The van der Waals surface area contributed by atoms with Gasteiger partial charge in [-0.3, -0.25) is 4.79 Å². The number of nitrogens with one attached hydrogen (secondary N) is 1. The van der Waals surface area contributed by atoms with Crippen molar-refractivity contribution in [2.45, 2.75) is 57.4 Å². The molecule has 1 fully saturated rings. The highest BCUT2D eigenvalue weighted by molar-refractivity contribution is 7.89. The molecular weight excluding hydrogens is 384 g/mol. The van der Waals surface area contributed by atoms with Crippen LogP contribution in [0, 0.1) is 20.8 Å². The molecule has 1 amide bonds. The van der Waals surface area contributed by atoms with E-state index in [0.29, 0.717) is 43.7 Å². The Hall–Kier alpha value is -2.18. The molecule has 0 atom stereocenters. The van der Waals surface area contributed by atoms with E-state index >= 15 is 0 Å². The number of amides is 1. The summed E-state index contributed by atoms with van der Waals surface area (Å²) in [5, 5.41) is 3.07. The number of carbonyl (C=O) groups excluding carboxylic acids is 1. The summed E-state index contributed by atoms with van der Waals surface area (Å²) >= 11 is 0. The second kappa shape index (κ2) is 9.09. The summed E-state index contributed by atoms with van der Waals surface area (Å²) in [6.45, 7) is 6.80. The first-order chi connectivity index (χ1) is 13.8. The number of benzene rings is 2. The summed E-state index contributed by atoms with van der Waals surface area (Å²) < 4.78 is 27.3. The molecule has 1 aliphatic rings. The molecule has 0 aliphatic carbocycles. The van der Waals surface area contributed by atoms with E-state index in [4.69, 9.17) is 0 Å². The van der Waals surface area contributed by atoms with E-state index in [2.05, 4.69) is 29.6 Å². The van der Waals surface area contributed by atoms with E-state index in [0.717, 1.165) is 16.7 Å². The first kappa shape index (κ1) is 21.5. The van der Waals surface area contributed by atoms with Gasteiger partial charge in [0, 0.05) is 25.6 Å². The number of aryl methyl sites for hydroxylation is 4. The number of hydrogen-bond acceptors (Lipinski definition) is 3. The quantitative estimate of drug-likeness (QED) is 0.787. The van der Waals surface area contributed by atoms with Crippen LogP contribution in [-0.4, -0.2) is 37.8 Å². The van der Waals surface area contributed by atoms with Gasteiger partial charge in [0.05, 0.1) is 4.90 Å². The number of nitrogens with zero attached hydrogens (tertiary/aromatic N) is 1. The van der Waals surface area contributed by atoms with Gasteiger partial charge in [-0.25, -0.2) is 8.42 Å². The van der Waals surface area contributed by atoms with Gasteiger partial charge in [-0.2, -0.15) is 4.31 Å². The number of sulfonamides is 1. The molecule has 0 spiro atoms. The number of rotatable bonds is 6. The van der Waals surface area contributed by atoms with E-state index in [1.807, 2.05) is 26.8 Å². The van der Waals surface area contributed by atoms with Crippen LogP contribution >= 0.6 is 0 Å². The molecule has 5 nitrogen and oxygen atoms in total. The third-order valence-electron chi connectivity index (χ3n) is 5.70. The predicted octanol–water partition coefficient (Wildman–Crippen LogP) is 3.51. The van der Waals surface area contributed by atoms with Crippen molar-refractivity contribution in [3.63, 3.8) is 0 Å². The highest BCUT2D eigenvalue weighted by Crippen LogP contribution is 2.23. The maximum atomic E-state index is 12.9. The standard InChI is InChI=1S/C23H30N2O3S/c1-17-4-7-20(8-5-17)9-11-23(26)24-21-12-14-25(15-13-21)29(27,28)22-10-6-18(2)19(3)16-22/h4-8,10,16,21H,9,11-15H2,1-3H3,(H,24,26). The first-order valence-electron chi connectivity index (χ1n) is 10.2. The van der Waals surface area contributed by atoms with Crippen LogP contribution in [0.1, 0.15) is 41.5 Å². The summed E-state index contributed by atoms with van der Waals surface area (Å²) in [5.74, 6) is 0.0287. The average Bonchev–Trinajstić information content (AvgIpc) is 2.70. The SMILES string of the molecule is Cc1ccc(CCC(=O)NC2CCN(S(=O)(=O)c3ccc(C)c(C)c3)CC2)cc1. The van der Waals surface area contributed by atoms with E-state index < -0.39 is 10.0 Å². The van der Waals surface area contributed by atoms with E-state index in [1.165, 1.54) is 9.87 Å². The van der Waals surface area contributed by atoms with Gasteiger partial charge in [0.1, 0.15) is 0 Å². The van der Waals surface area contributed by atoms with Crippen molar-refractivity contribution in [2.75, 3.05) is 13.1 Å². The lowest BCUT2D eigenvalue weighted by molar-refractivity contribution is -0.122. The Balaban J connectivity index is 1.50. The van der Waals surface area contributed by atoms with Gasteiger partial charge in [-0.05, 0) is 68.9 Å². The van der Waals surface area contributed by atoms with Crippen LogP contribution in [0.5, 0.6) is 0 Å². The maximum absolute atomic E-state index is 12.9. The van der Waals surface area contributed by atoms with Gasteiger partial charge in [-0.15, -0.1) is 0 Å². The normalized spacial score (nSPS) is 16.0. The number of hydrogen-bond donors (Lipinski definition) is 1. The Morgan fingerprint density at radius 2 is 1.66 bits per heavy atom. The summed E-state index contributed by atoms with van der Waals surface area (Å²) in [7, 11) is -3.48. The molecule has 156 valence electrons. The zero-order chi connectivity index (χ0) is 21.0. The summed E-state index contributed by atoms with van der Waals surface area (Å²) in [5.41, 5.74) is 4.42. The van der Waals surface area contributed by atoms with Crippen LogP contribution in [0.25, 0.3) is 0 Å². The third-order valence-corrected chi connectivity index (χ3v) is 7.59. The maximum Gasteiger partial charge on any atom is 0.243 e. The number of carbonyl (C=O) groups is 1. The second-order valence-corrected chi connectivity index (χ2v) is 9.92. The zero-order valence-corrected chi connectivity index (χ0v) is 18.3. The van der Waals surface area contributed by atoms with Crippen molar-refractivity contribution in [3.05, 3.63) is 64.7 Å². The Morgan fingerprint density at radius 1 is 1.00 bits per heavy atom. The predicted molar refractivity (Wildman–Crippen MR) is 115 cm³/mol. The highest BCUT2D eigenvalue weighted by atomic mass is 32.2. The van der Waals surface area contributed by atoms with Crippen molar-refractivity contribution >= 4 is 15.9 Å². The van der Waals surface area contributed by atoms with Gasteiger partial charge in [-0.1, -0.05) is 35.9 Å². The van der Waals surface area contributed by atoms with Crippen LogP contribution in [0.2, 0.25) is 0 Å². The van der Waals surface area contributed by atoms with Gasteiger partial charge in [0.2, 0.25) is 15.9 Å². The minimum atomic E-state index is -3.48. The largest absolute Gasteiger partial charge is 0.353 e. The summed E-state index contributed by atoms with van der Waals surface area (Å²) in [4.78, 5) is 12.6. The molecule has 0 unspecified atom stereocenters. The third kappa shape index (κ3) is 5.46. The molecule has 1 aliphatic heterocycles. The Kier molecular flexibility index (Phi) is 6.75.